The fourth-order valence-corrected chi connectivity index (χ4v) is 1.50. The van der Waals surface area contributed by atoms with Gasteiger partial charge >= 0.3 is 0 Å². The molecular formula is C10H14O. The van der Waals surface area contributed by atoms with Crippen molar-refractivity contribution >= 4 is 5.78 Å². The van der Waals surface area contributed by atoms with E-state index in [0.717, 1.165) is 30.4 Å². The predicted molar refractivity (Wildman–Crippen MR) is 46.4 cm³/mol. The van der Waals surface area contributed by atoms with Gasteiger partial charge in [0, 0.05) is 6.42 Å². The van der Waals surface area contributed by atoms with Crippen LogP contribution in [0.1, 0.15) is 33.1 Å². The number of allylic oxidation sites excluding steroid dienone is 3. The standard InChI is InChI=1S/C10H14O/c1-7(2)9-5-4-6-10(11)8(9)3/h1,4-6H2,2-3H3. The molecule has 0 aromatic rings. The number of hydrogen-bond acceptors (Lipinski definition) is 1. The topological polar surface area (TPSA) is 17.1 Å². The van der Waals surface area contributed by atoms with Crippen LogP contribution in [-0.4, -0.2) is 5.78 Å². The molecule has 0 spiro atoms. The smallest absolute Gasteiger partial charge is 0.158 e. The molecule has 0 atom stereocenters. The minimum atomic E-state index is 0.300. The lowest BCUT2D eigenvalue weighted by Gasteiger charge is -2.16. The van der Waals surface area contributed by atoms with Crippen molar-refractivity contribution < 1.29 is 4.79 Å². The van der Waals surface area contributed by atoms with Crippen molar-refractivity contribution in [2.75, 3.05) is 0 Å². The van der Waals surface area contributed by atoms with Gasteiger partial charge in [-0.05, 0) is 37.8 Å². The van der Waals surface area contributed by atoms with Crippen molar-refractivity contribution in [2.45, 2.75) is 33.1 Å². The van der Waals surface area contributed by atoms with Crippen LogP contribution in [0.3, 0.4) is 0 Å². The largest absolute Gasteiger partial charge is 0.295 e. The normalized spacial score (nSPS) is 18.9. The van der Waals surface area contributed by atoms with E-state index in [2.05, 4.69) is 6.58 Å². The molecule has 1 aliphatic rings. The van der Waals surface area contributed by atoms with Crippen LogP contribution in [-0.2, 0) is 4.79 Å². The maximum absolute atomic E-state index is 11.2. The lowest BCUT2D eigenvalue weighted by molar-refractivity contribution is -0.116. The van der Waals surface area contributed by atoms with Gasteiger partial charge in [-0.3, -0.25) is 4.79 Å². The first-order valence-electron chi connectivity index (χ1n) is 4.01. The van der Waals surface area contributed by atoms with E-state index >= 15 is 0 Å². The molecule has 0 saturated carbocycles. The maximum Gasteiger partial charge on any atom is 0.158 e. The molecule has 0 N–H and O–H groups in total. The number of hydrogen-bond donors (Lipinski definition) is 0. The van der Waals surface area contributed by atoms with E-state index in [4.69, 9.17) is 0 Å². The first-order chi connectivity index (χ1) is 5.13. The van der Waals surface area contributed by atoms with Crippen LogP contribution in [0.15, 0.2) is 23.3 Å². The zero-order valence-corrected chi connectivity index (χ0v) is 7.24. The first kappa shape index (κ1) is 8.25. The molecule has 0 bridgehead atoms. The number of carbonyl (C=O) groups is 1. The minimum Gasteiger partial charge on any atom is -0.295 e. The third-order valence-electron chi connectivity index (χ3n) is 2.22. The molecule has 0 amide bonds. The molecule has 11 heavy (non-hydrogen) atoms. The lowest BCUT2D eigenvalue weighted by atomic mass is 9.88. The second-order valence-corrected chi connectivity index (χ2v) is 3.16. The molecular weight excluding hydrogens is 136 g/mol. The molecule has 0 aromatic heterocycles. The average Bonchev–Trinajstić information content (AvgIpc) is 1.94. The third kappa shape index (κ3) is 1.59. The molecule has 1 rings (SSSR count). The summed E-state index contributed by atoms with van der Waals surface area (Å²) < 4.78 is 0. The summed E-state index contributed by atoms with van der Waals surface area (Å²) in [5.74, 6) is 0.300. The molecule has 0 heterocycles. The van der Waals surface area contributed by atoms with Crippen LogP contribution in [0.4, 0.5) is 0 Å². The summed E-state index contributed by atoms with van der Waals surface area (Å²) >= 11 is 0. The molecule has 60 valence electrons. The van der Waals surface area contributed by atoms with E-state index in [0.29, 0.717) is 5.78 Å². The summed E-state index contributed by atoms with van der Waals surface area (Å²) in [6.45, 7) is 7.73. The van der Waals surface area contributed by atoms with Crippen molar-refractivity contribution in [3.63, 3.8) is 0 Å². The summed E-state index contributed by atoms with van der Waals surface area (Å²) in [7, 11) is 0. The highest BCUT2D eigenvalue weighted by Crippen LogP contribution is 2.25. The molecule has 0 fully saturated rings. The molecule has 1 heteroatoms. The Kier molecular flexibility index (Phi) is 2.28. The van der Waals surface area contributed by atoms with Crippen LogP contribution in [0, 0.1) is 0 Å². The Hall–Kier alpha value is -0.850. The Morgan fingerprint density at radius 3 is 2.55 bits per heavy atom. The van der Waals surface area contributed by atoms with Crippen LogP contribution < -0.4 is 0 Å². The first-order valence-corrected chi connectivity index (χ1v) is 4.01. The fourth-order valence-electron chi connectivity index (χ4n) is 1.50. The number of rotatable bonds is 1. The molecule has 0 aliphatic heterocycles. The second-order valence-electron chi connectivity index (χ2n) is 3.16. The minimum absolute atomic E-state index is 0.300. The van der Waals surface area contributed by atoms with Crippen molar-refractivity contribution in [3.05, 3.63) is 23.3 Å². The second kappa shape index (κ2) is 3.04. The van der Waals surface area contributed by atoms with Gasteiger partial charge in [-0.25, -0.2) is 0 Å². The maximum atomic E-state index is 11.2. The molecule has 1 aliphatic carbocycles. The monoisotopic (exact) mass is 150 g/mol. The van der Waals surface area contributed by atoms with Crippen LogP contribution >= 0.6 is 0 Å². The van der Waals surface area contributed by atoms with E-state index in [1.807, 2.05) is 13.8 Å². The van der Waals surface area contributed by atoms with Gasteiger partial charge in [0.1, 0.15) is 0 Å². The Labute approximate surface area is 67.8 Å². The van der Waals surface area contributed by atoms with Gasteiger partial charge in [-0.1, -0.05) is 12.2 Å². The fraction of sp³-hybridized carbons (Fsp3) is 0.500. The molecule has 0 radical (unpaired) electrons. The van der Waals surface area contributed by atoms with Gasteiger partial charge < -0.3 is 0 Å². The van der Waals surface area contributed by atoms with E-state index in [9.17, 15) is 4.79 Å². The Balaban J connectivity index is 2.98. The Bertz CT molecular complexity index is 233. The molecule has 0 unspecified atom stereocenters. The van der Waals surface area contributed by atoms with Crippen molar-refractivity contribution in [2.24, 2.45) is 0 Å². The van der Waals surface area contributed by atoms with E-state index < -0.39 is 0 Å². The number of carbonyl (C=O) groups excluding carboxylic acids is 1. The van der Waals surface area contributed by atoms with Gasteiger partial charge in [0.15, 0.2) is 5.78 Å². The summed E-state index contributed by atoms with van der Waals surface area (Å²) in [5.41, 5.74) is 3.17. The zero-order valence-electron chi connectivity index (χ0n) is 7.24. The van der Waals surface area contributed by atoms with Crippen LogP contribution in [0.2, 0.25) is 0 Å². The van der Waals surface area contributed by atoms with Gasteiger partial charge in [0.05, 0.1) is 0 Å². The summed E-state index contributed by atoms with van der Waals surface area (Å²) in [4.78, 5) is 11.2. The number of ketones is 1. The SMILES string of the molecule is C=C(C)C1=C(C)C(=O)CCC1. The quantitative estimate of drug-likeness (QED) is 0.561. The summed E-state index contributed by atoms with van der Waals surface area (Å²) in [6.07, 6.45) is 2.76. The third-order valence-corrected chi connectivity index (χ3v) is 2.22. The highest BCUT2D eigenvalue weighted by molar-refractivity contribution is 5.97. The highest BCUT2D eigenvalue weighted by Gasteiger charge is 2.16. The zero-order chi connectivity index (χ0) is 8.43. The number of Topliss-reactive ketones (excluding diaryl/α,β-unsaturated/α-hetero) is 1. The summed E-state index contributed by atoms with van der Waals surface area (Å²) in [6, 6.07) is 0. The van der Waals surface area contributed by atoms with Gasteiger partial charge in [-0.2, -0.15) is 0 Å². The van der Waals surface area contributed by atoms with Gasteiger partial charge in [-0.15, -0.1) is 0 Å². The van der Waals surface area contributed by atoms with Crippen molar-refractivity contribution in [3.8, 4) is 0 Å². The molecule has 1 nitrogen and oxygen atoms in total. The van der Waals surface area contributed by atoms with Gasteiger partial charge in [0.2, 0.25) is 0 Å². The lowest BCUT2D eigenvalue weighted by Crippen LogP contribution is -2.09. The molecule has 0 aromatic carbocycles. The predicted octanol–water partition coefficient (Wildman–Crippen LogP) is 2.63. The molecule has 0 saturated heterocycles. The van der Waals surface area contributed by atoms with Gasteiger partial charge in [0.25, 0.3) is 0 Å². The van der Waals surface area contributed by atoms with E-state index in [-0.39, 0.29) is 0 Å². The Morgan fingerprint density at radius 2 is 2.09 bits per heavy atom. The summed E-state index contributed by atoms with van der Waals surface area (Å²) in [5, 5.41) is 0. The average molecular weight is 150 g/mol. The van der Waals surface area contributed by atoms with E-state index in [1.165, 1.54) is 5.57 Å². The van der Waals surface area contributed by atoms with Crippen molar-refractivity contribution in [1.82, 2.24) is 0 Å². The highest BCUT2D eigenvalue weighted by atomic mass is 16.1. The van der Waals surface area contributed by atoms with Crippen LogP contribution in [0.5, 0.6) is 0 Å². The van der Waals surface area contributed by atoms with Crippen LogP contribution in [0.25, 0.3) is 0 Å². The Morgan fingerprint density at radius 1 is 1.45 bits per heavy atom. The van der Waals surface area contributed by atoms with Crippen molar-refractivity contribution in [1.29, 1.82) is 0 Å². The van der Waals surface area contributed by atoms with E-state index in [1.54, 1.807) is 0 Å².